The summed E-state index contributed by atoms with van der Waals surface area (Å²) in [5.74, 6) is -0.518. The van der Waals surface area contributed by atoms with Crippen LogP contribution in [0.5, 0.6) is 5.75 Å². The number of carbonyl (C=O) groups excluding carboxylic acids is 1. The molecule has 2 fully saturated rings. The Hall–Kier alpha value is -2.89. The molecule has 7 unspecified atom stereocenters. The Morgan fingerprint density at radius 3 is 2.27 bits per heavy atom. The average molecular weight is 744 g/mol. The van der Waals surface area contributed by atoms with Gasteiger partial charge < -0.3 is 50.1 Å². The van der Waals surface area contributed by atoms with E-state index in [2.05, 4.69) is 10.2 Å². The summed E-state index contributed by atoms with van der Waals surface area (Å²) in [4.78, 5) is 57.4. The first-order valence-electron chi connectivity index (χ1n) is 14.2. The molecule has 0 radical (unpaired) electrons. The van der Waals surface area contributed by atoms with Crippen molar-refractivity contribution in [1.82, 2.24) is 14.9 Å². The van der Waals surface area contributed by atoms with Crippen molar-refractivity contribution in [3.05, 3.63) is 62.9 Å². The summed E-state index contributed by atoms with van der Waals surface area (Å²) in [6.45, 7) is -1.46. The Bertz CT molecular complexity index is 1640. The van der Waals surface area contributed by atoms with Gasteiger partial charge in [-0.3, -0.25) is 32.7 Å². The van der Waals surface area contributed by atoms with Gasteiger partial charge in [-0.2, -0.15) is 9.20 Å². The zero-order valence-electron chi connectivity index (χ0n) is 25.6. The molecular weight excluding hydrogens is 708 g/mol. The van der Waals surface area contributed by atoms with Crippen LogP contribution < -0.4 is 21.5 Å². The first-order valence-corrected chi connectivity index (χ1v) is 17.2. The van der Waals surface area contributed by atoms with Gasteiger partial charge in [0.05, 0.1) is 26.9 Å². The van der Waals surface area contributed by atoms with Crippen LogP contribution in [0.4, 0.5) is 0 Å². The van der Waals surface area contributed by atoms with E-state index in [9.17, 15) is 53.9 Å². The van der Waals surface area contributed by atoms with E-state index < -0.39 is 108 Å². The molecule has 3 heterocycles. The van der Waals surface area contributed by atoms with Gasteiger partial charge in [-0.15, -0.1) is 0 Å². The largest absolute Gasteiger partial charge is 0.484 e. The second kappa shape index (κ2) is 16.4. The molecule has 2 saturated heterocycles. The van der Waals surface area contributed by atoms with Gasteiger partial charge in [0.2, 0.25) is 5.91 Å². The third-order valence-electron chi connectivity index (χ3n) is 7.04. The maximum Gasteiger partial charge on any atom is 0.484 e. The summed E-state index contributed by atoms with van der Waals surface area (Å²) in [7, 11) is -9.70. The van der Waals surface area contributed by atoms with Crippen molar-refractivity contribution in [3.63, 3.8) is 0 Å². The highest BCUT2D eigenvalue weighted by Crippen LogP contribution is 2.64. The molecule has 2 aromatic rings. The molecule has 0 saturated carbocycles. The van der Waals surface area contributed by atoms with E-state index >= 15 is 0 Å². The highest BCUT2D eigenvalue weighted by Gasteiger charge is 2.51. The van der Waals surface area contributed by atoms with Gasteiger partial charge in [0.1, 0.15) is 42.7 Å². The number of amides is 1. The molecular formula is C25H35N3O19P2. The number of carbonyl (C=O) groups is 1. The van der Waals surface area contributed by atoms with Crippen LogP contribution in [-0.2, 0) is 52.8 Å². The van der Waals surface area contributed by atoms with E-state index in [4.69, 9.17) is 32.2 Å². The minimum absolute atomic E-state index is 0.270. The third-order valence-corrected chi connectivity index (χ3v) is 10.1. The Balaban J connectivity index is 1.55. The fourth-order valence-electron chi connectivity index (χ4n) is 4.70. The smallest absolute Gasteiger partial charge is 0.394 e. The molecule has 0 aliphatic carbocycles. The maximum absolute atomic E-state index is 13.8. The summed E-state index contributed by atoms with van der Waals surface area (Å²) in [6.07, 6.45) is -13.0. The van der Waals surface area contributed by atoms with Crippen LogP contribution in [0, 0.1) is 0 Å². The van der Waals surface area contributed by atoms with Gasteiger partial charge in [-0.25, -0.2) is 13.9 Å². The molecule has 8 N–H and O–H groups in total. The lowest BCUT2D eigenvalue weighted by Gasteiger charge is -2.42. The Morgan fingerprint density at radius 1 is 0.980 bits per heavy atom. The summed E-state index contributed by atoms with van der Waals surface area (Å²) in [5, 5.41) is 53.4. The number of aliphatic hydroxyl groups is 5. The van der Waals surface area contributed by atoms with Gasteiger partial charge in [-0.05, 0) is 17.7 Å². The van der Waals surface area contributed by atoms with Crippen LogP contribution in [0.3, 0.4) is 0 Å². The Kier molecular flexibility index (Phi) is 13.0. The van der Waals surface area contributed by atoms with Crippen molar-refractivity contribution in [2.45, 2.75) is 68.7 Å². The quantitative estimate of drug-likeness (QED) is 0.0532. The molecule has 0 bridgehead atoms. The number of phosphoric ester groups is 2. The van der Waals surface area contributed by atoms with Crippen molar-refractivity contribution in [2.75, 3.05) is 20.3 Å². The van der Waals surface area contributed by atoms with Crippen molar-refractivity contribution in [3.8, 4) is 5.75 Å². The topological polar surface area (TPSA) is 313 Å². The predicted molar refractivity (Wildman–Crippen MR) is 157 cm³/mol. The number of H-pyrrole nitrogens is 1. The molecule has 24 heteroatoms. The first kappa shape index (κ1) is 38.9. The second-order valence-electron chi connectivity index (χ2n) is 10.6. The van der Waals surface area contributed by atoms with Crippen molar-refractivity contribution in [2.24, 2.45) is 0 Å². The highest BCUT2D eigenvalue weighted by atomic mass is 31.3. The molecule has 4 rings (SSSR count). The Morgan fingerprint density at radius 2 is 1.65 bits per heavy atom. The van der Waals surface area contributed by atoms with Crippen LogP contribution in [-0.4, -0.2) is 115 Å². The molecule has 1 aromatic heterocycles. The number of hydrogen-bond acceptors (Lipinski definition) is 18. The van der Waals surface area contributed by atoms with E-state index in [0.29, 0.717) is 5.56 Å². The predicted octanol–water partition coefficient (Wildman–Crippen LogP) is -2.49. The number of benzene rings is 1. The standard InChI is InChI=1S/C25H35N3O19P2/c1-12(30)26-18-21(34)19(32)15(9-29)44-24(18)46-48(37,38)47-49(39,41-10-13-3-5-14(6-4-13)45-40-2)42-11-16-20(33)22(35)23(43-16)28-8-7-17(31)27-25(28)36/h3-8,15-16,18-24,29,32-35H,9-11H2,1-2H3,(H,26,30)(H,37,38)(H,27,31,36)/t15-,16+,18?,19?,20?,21-,22?,23+,24?,49?/m1/s1. The van der Waals surface area contributed by atoms with Crippen LogP contribution in [0.15, 0.2) is 46.1 Å². The number of ether oxygens (including phenoxy) is 2. The van der Waals surface area contributed by atoms with E-state index in [0.717, 1.165) is 23.8 Å². The lowest BCUT2D eigenvalue weighted by molar-refractivity contribution is -0.247. The number of aliphatic hydroxyl groups excluding tert-OH is 5. The van der Waals surface area contributed by atoms with E-state index in [-0.39, 0.29) is 5.75 Å². The zero-order chi connectivity index (χ0) is 36.1. The molecule has 0 spiro atoms. The summed E-state index contributed by atoms with van der Waals surface area (Å²) < 4.78 is 58.8. The third kappa shape index (κ3) is 9.88. The summed E-state index contributed by atoms with van der Waals surface area (Å²) >= 11 is 0. The summed E-state index contributed by atoms with van der Waals surface area (Å²) in [5.41, 5.74) is -1.45. The number of phosphoric acid groups is 2. The lowest BCUT2D eigenvalue weighted by Crippen LogP contribution is -2.64. The number of aromatic amines is 1. The monoisotopic (exact) mass is 743 g/mol. The molecule has 274 valence electrons. The molecule has 1 aromatic carbocycles. The lowest BCUT2D eigenvalue weighted by atomic mass is 9.97. The van der Waals surface area contributed by atoms with Gasteiger partial charge >= 0.3 is 21.3 Å². The number of rotatable bonds is 15. The van der Waals surface area contributed by atoms with Gasteiger partial charge in [0.15, 0.2) is 18.3 Å². The molecule has 1 amide bonds. The maximum atomic E-state index is 13.8. The van der Waals surface area contributed by atoms with Crippen molar-refractivity contribution >= 4 is 21.6 Å². The van der Waals surface area contributed by atoms with Crippen LogP contribution >= 0.6 is 15.6 Å². The fraction of sp³-hybridized carbons (Fsp3) is 0.560. The van der Waals surface area contributed by atoms with Gasteiger partial charge in [-0.1, -0.05) is 12.1 Å². The average Bonchev–Trinajstić information content (AvgIpc) is 3.31. The second-order valence-corrected chi connectivity index (χ2v) is 13.8. The number of hydrogen-bond donors (Lipinski definition) is 8. The molecule has 22 nitrogen and oxygen atoms in total. The summed E-state index contributed by atoms with van der Waals surface area (Å²) in [6, 6.07) is 4.96. The van der Waals surface area contributed by atoms with Crippen molar-refractivity contribution < 1.29 is 81.5 Å². The van der Waals surface area contributed by atoms with Crippen molar-refractivity contribution in [1.29, 1.82) is 0 Å². The van der Waals surface area contributed by atoms with E-state index in [1.807, 2.05) is 4.98 Å². The molecule has 2 aliphatic rings. The van der Waals surface area contributed by atoms with Crippen LogP contribution in [0.25, 0.3) is 0 Å². The minimum Gasteiger partial charge on any atom is -0.394 e. The Labute approximate surface area is 275 Å². The van der Waals surface area contributed by atoms with Gasteiger partial charge in [0.25, 0.3) is 5.56 Å². The molecule has 11 atom stereocenters. The fourth-order valence-corrected chi connectivity index (χ4v) is 7.40. The number of nitrogens with one attached hydrogen (secondary N) is 2. The number of aromatic nitrogens is 2. The van der Waals surface area contributed by atoms with E-state index in [1.165, 1.54) is 31.4 Å². The minimum atomic E-state index is -5.68. The SMILES string of the molecule is COOc1ccc(COP(=O)(OC[C@@H]2O[C@H](n3ccc(=O)[nH]c3=O)C(O)C2O)OP(=O)(O)OC2O[C@H](CO)C(O)[C@H](O)C2NC(C)=O)cc1. The molecule has 49 heavy (non-hydrogen) atoms. The van der Waals surface area contributed by atoms with E-state index in [1.54, 1.807) is 0 Å². The number of nitrogens with zero attached hydrogens (tertiary/aromatic N) is 1. The highest BCUT2D eigenvalue weighted by molar-refractivity contribution is 7.61. The van der Waals surface area contributed by atoms with Crippen LogP contribution in [0.1, 0.15) is 18.7 Å². The normalized spacial score (nSPS) is 31.1. The zero-order valence-corrected chi connectivity index (χ0v) is 27.4. The van der Waals surface area contributed by atoms with Crippen LogP contribution in [0.2, 0.25) is 0 Å². The van der Waals surface area contributed by atoms with Gasteiger partial charge in [0, 0.05) is 19.2 Å². The molecule has 2 aliphatic heterocycles. The first-order chi connectivity index (χ1) is 23.1.